The number of halogens is 3. The van der Waals surface area contributed by atoms with Gasteiger partial charge in [0.1, 0.15) is 6.61 Å². The van der Waals surface area contributed by atoms with Gasteiger partial charge in [0.05, 0.1) is 4.90 Å². The zero-order chi connectivity index (χ0) is 14.7. The minimum Gasteiger partial charge on any atom is -0.377 e. The second-order valence-electron chi connectivity index (χ2n) is 3.71. The lowest BCUT2D eigenvalue weighted by Gasteiger charge is -2.12. The molecular weight excluding hydrogens is 285 g/mol. The first kappa shape index (κ1) is 15.6. The molecule has 0 aliphatic heterocycles. The van der Waals surface area contributed by atoms with Crippen LogP contribution in [0, 0.1) is 0 Å². The summed E-state index contributed by atoms with van der Waals surface area (Å²) in [5.74, 6) is -0.507. The van der Waals surface area contributed by atoms with E-state index in [4.69, 9.17) is 0 Å². The van der Waals surface area contributed by atoms with E-state index in [0.29, 0.717) is 0 Å². The van der Waals surface area contributed by atoms with E-state index in [1.165, 1.54) is 25.3 Å². The molecule has 0 aromatic heterocycles. The Morgan fingerprint density at radius 1 is 1.26 bits per heavy atom. The average molecular weight is 296 g/mol. The first-order valence-corrected chi connectivity index (χ1v) is 6.58. The van der Waals surface area contributed by atoms with Crippen molar-refractivity contribution in [3.8, 4) is 0 Å². The van der Waals surface area contributed by atoms with Crippen molar-refractivity contribution < 1.29 is 31.1 Å². The van der Waals surface area contributed by atoms with E-state index < -0.39 is 32.4 Å². The van der Waals surface area contributed by atoms with E-state index in [9.17, 15) is 26.4 Å². The molecule has 0 aliphatic rings. The number of sulfone groups is 1. The Morgan fingerprint density at radius 2 is 1.84 bits per heavy atom. The lowest BCUT2D eigenvalue weighted by molar-refractivity contribution is -0.122. The SMILES string of the molecule is COCC(=O)Cc1ccccc1S(=O)(=O)C(F)(F)F. The van der Waals surface area contributed by atoms with Gasteiger partial charge in [-0.15, -0.1) is 0 Å². The lowest BCUT2D eigenvalue weighted by atomic mass is 10.1. The van der Waals surface area contributed by atoms with Crippen LogP contribution in [0.2, 0.25) is 0 Å². The van der Waals surface area contributed by atoms with Crippen LogP contribution in [0.25, 0.3) is 0 Å². The molecule has 0 spiro atoms. The summed E-state index contributed by atoms with van der Waals surface area (Å²) in [4.78, 5) is 10.4. The van der Waals surface area contributed by atoms with Gasteiger partial charge in [0, 0.05) is 13.5 Å². The van der Waals surface area contributed by atoms with Crippen LogP contribution in [0.15, 0.2) is 29.2 Å². The smallest absolute Gasteiger partial charge is 0.377 e. The Labute approximate surface area is 108 Å². The van der Waals surface area contributed by atoms with E-state index in [1.807, 2.05) is 0 Å². The summed E-state index contributed by atoms with van der Waals surface area (Å²) >= 11 is 0. The third-order valence-corrected chi connectivity index (χ3v) is 3.85. The molecule has 1 aromatic rings. The third kappa shape index (κ3) is 3.54. The Hall–Kier alpha value is -1.41. The largest absolute Gasteiger partial charge is 0.501 e. The fourth-order valence-electron chi connectivity index (χ4n) is 1.46. The maximum atomic E-state index is 12.5. The molecule has 0 radical (unpaired) electrons. The van der Waals surface area contributed by atoms with Crippen LogP contribution in [0.4, 0.5) is 13.2 Å². The normalized spacial score (nSPS) is 12.4. The first-order valence-electron chi connectivity index (χ1n) is 5.10. The van der Waals surface area contributed by atoms with E-state index in [-0.39, 0.29) is 12.2 Å². The zero-order valence-corrected chi connectivity index (χ0v) is 10.7. The summed E-state index contributed by atoms with van der Waals surface area (Å²) in [6.45, 7) is -0.291. The summed E-state index contributed by atoms with van der Waals surface area (Å²) in [7, 11) is -4.20. The van der Waals surface area contributed by atoms with Gasteiger partial charge in [0.2, 0.25) is 0 Å². The third-order valence-electron chi connectivity index (χ3n) is 2.26. The number of alkyl halides is 3. The number of carbonyl (C=O) groups is 1. The summed E-state index contributed by atoms with van der Waals surface area (Å²) < 4.78 is 64.7. The van der Waals surface area contributed by atoms with Crippen LogP contribution < -0.4 is 0 Å². The number of hydrogen-bond acceptors (Lipinski definition) is 4. The van der Waals surface area contributed by atoms with Crippen LogP contribution in [-0.4, -0.2) is 33.4 Å². The molecule has 0 amide bonds. The molecule has 4 nitrogen and oxygen atoms in total. The number of rotatable bonds is 5. The quantitative estimate of drug-likeness (QED) is 0.830. The van der Waals surface area contributed by atoms with Crippen LogP contribution in [0.1, 0.15) is 5.56 Å². The Balaban J connectivity index is 3.21. The average Bonchev–Trinajstić information content (AvgIpc) is 2.28. The summed E-state index contributed by atoms with van der Waals surface area (Å²) in [6.07, 6.45) is -0.431. The fraction of sp³-hybridized carbons (Fsp3) is 0.364. The van der Waals surface area contributed by atoms with Crippen molar-refractivity contribution in [2.75, 3.05) is 13.7 Å². The van der Waals surface area contributed by atoms with Gasteiger partial charge in [0.15, 0.2) is 5.78 Å². The van der Waals surface area contributed by atoms with Crippen molar-refractivity contribution in [2.45, 2.75) is 16.8 Å². The number of Topliss-reactive ketones (excluding diaryl/α,β-unsaturated/α-hetero) is 1. The van der Waals surface area contributed by atoms with E-state index in [1.54, 1.807) is 0 Å². The Bertz CT molecular complexity index is 564. The summed E-state index contributed by atoms with van der Waals surface area (Å²) in [5, 5.41) is 0. The number of benzene rings is 1. The molecule has 0 unspecified atom stereocenters. The van der Waals surface area contributed by atoms with Gasteiger partial charge in [0.25, 0.3) is 9.84 Å². The highest BCUT2D eigenvalue weighted by atomic mass is 32.2. The molecule has 106 valence electrons. The molecule has 0 heterocycles. The molecule has 0 atom stereocenters. The van der Waals surface area contributed by atoms with E-state index in [0.717, 1.165) is 6.07 Å². The highest BCUT2D eigenvalue weighted by Gasteiger charge is 2.47. The van der Waals surface area contributed by atoms with Gasteiger partial charge in [-0.2, -0.15) is 13.2 Å². The van der Waals surface area contributed by atoms with Gasteiger partial charge >= 0.3 is 5.51 Å². The summed E-state index contributed by atoms with van der Waals surface area (Å²) in [6, 6.07) is 4.54. The fourth-order valence-corrected chi connectivity index (χ4v) is 2.45. The predicted molar refractivity (Wildman–Crippen MR) is 60.3 cm³/mol. The van der Waals surface area contributed by atoms with Gasteiger partial charge in [-0.3, -0.25) is 4.79 Å². The topological polar surface area (TPSA) is 60.4 Å². The van der Waals surface area contributed by atoms with Crippen molar-refractivity contribution in [1.29, 1.82) is 0 Å². The maximum absolute atomic E-state index is 12.5. The van der Waals surface area contributed by atoms with Crippen molar-refractivity contribution in [3.05, 3.63) is 29.8 Å². The molecule has 0 saturated carbocycles. The minimum atomic E-state index is -5.46. The Morgan fingerprint density at radius 3 is 2.37 bits per heavy atom. The monoisotopic (exact) mass is 296 g/mol. The first-order chi connectivity index (χ1) is 8.70. The second-order valence-corrected chi connectivity index (χ2v) is 5.61. The Kier molecular flexibility index (Phi) is 4.70. The minimum absolute atomic E-state index is 0.193. The number of carbonyl (C=O) groups excluding carboxylic acids is 1. The molecule has 8 heteroatoms. The van der Waals surface area contributed by atoms with Gasteiger partial charge < -0.3 is 4.74 Å². The van der Waals surface area contributed by atoms with Crippen molar-refractivity contribution in [2.24, 2.45) is 0 Å². The van der Waals surface area contributed by atoms with Gasteiger partial charge in [-0.1, -0.05) is 18.2 Å². The van der Waals surface area contributed by atoms with Crippen molar-refractivity contribution >= 4 is 15.6 Å². The number of methoxy groups -OCH3 is 1. The highest BCUT2D eigenvalue weighted by molar-refractivity contribution is 7.92. The highest BCUT2D eigenvalue weighted by Crippen LogP contribution is 2.32. The molecular formula is C11H11F3O4S. The van der Waals surface area contributed by atoms with Crippen LogP contribution >= 0.6 is 0 Å². The van der Waals surface area contributed by atoms with E-state index >= 15 is 0 Å². The molecule has 0 fully saturated rings. The zero-order valence-electron chi connectivity index (χ0n) is 9.90. The number of hydrogen-bond donors (Lipinski definition) is 0. The number of ketones is 1. The number of ether oxygens (including phenoxy) is 1. The standard InChI is InChI=1S/C11H11F3O4S/c1-18-7-9(15)6-8-4-2-3-5-10(8)19(16,17)11(12,13)14/h2-5H,6-7H2,1H3. The van der Waals surface area contributed by atoms with Crippen molar-refractivity contribution in [3.63, 3.8) is 0 Å². The second kappa shape index (κ2) is 5.70. The van der Waals surface area contributed by atoms with Crippen LogP contribution in [-0.2, 0) is 25.8 Å². The molecule has 19 heavy (non-hydrogen) atoms. The van der Waals surface area contributed by atoms with Crippen molar-refractivity contribution in [1.82, 2.24) is 0 Å². The van der Waals surface area contributed by atoms with Gasteiger partial charge in [-0.25, -0.2) is 8.42 Å². The maximum Gasteiger partial charge on any atom is 0.501 e. The molecule has 0 bridgehead atoms. The molecule has 1 aromatic carbocycles. The van der Waals surface area contributed by atoms with Gasteiger partial charge in [-0.05, 0) is 11.6 Å². The molecule has 0 aliphatic carbocycles. The molecule has 0 saturated heterocycles. The lowest BCUT2D eigenvalue weighted by Crippen LogP contribution is -2.25. The predicted octanol–water partition coefficient (Wildman–Crippen LogP) is 1.74. The molecule has 0 N–H and O–H groups in total. The molecule has 1 rings (SSSR count). The van der Waals surface area contributed by atoms with E-state index in [2.05, 4.69) is 4.74 Å². The van der Waals surface area contributed by atoms with Crippen LogP contribution in [0.3, 0.4) is 0 Å². The summed E-state index contributed by atoms with van der Waals surface area (Å²) in [5.41, 5.74) is -5.59. The van der Waals surface area contributed by atoms with Crippen LogP contribution in [0.5, 0.6) is 0 Å².